The summed E-state index contributed by atoms with van der Waals surface area (Å²) in [7, 11) is 1.66. The van der Waals surface area contributed by atoms with Gasteiger partial charge in [0.15, 0.2) is 0 Å². The smallest absolute Gasteiger partial charge is 0.119 e. The van der Waals surface area contributed by atoms with Crippen LogP contribution >= 0.6 is 11.3 Å². The predicted octanol–water partition coefficient (Wildman–Crippen LogP) is 2.97. The highest BCUT2D eigenvalue weighted by atomic mass is 32.1. The van der Waals surface area contributed by atoms with Crippen molar-refractivity contribution in [3.05, 3.63) is 52.2 Å². The number of nitrogens with two attached hydrogens (primary N) is 1. The minimum absolute atomic E-state index is 0.0952. The summed E-state index contributed by atoms with van der Waals surface area (Å²) in [6.45, 7) is 1.05. The highest BCUT2D eigenvalue weighted by Crippen LogP contribution is 2.23. The van der Waals surface area contributed by atoms with Crippen molar-refractivity contribution in [3.63, 3.8) is 0 Å². The lowest BCUT2D eigenvalue weighted by molar-refractivity contribution is 0.0471. The van der Waals surface area contributed by atoms with E-state index in [9.17, 15) is 0 Å². The first kappa shape index (κ1) is 13.1. The summed E-state index contributed by atoms with van der Waals surface area (Å²) in [6.07, 6.45) is -0.0952. The van der Waals surface area contributed by atoms with Crippen LogP contribution in [0.2, 0.25) is 0 Å². The van der Waals surface area contributed by atoms with Crippen molar-refractivity contribution < 1.29 is 9.47 Å². The Bertz CT molecular complexity index is 470. The Morgan fingerprint density at radius 1 is 1.28 bits per heavy atom. The van der Waals surface area contributed by atoms with E-state index in [0.29, 0.717) is 13.2 Å². The fraction of sp³-hybridized carbons (Fsp3) is 0.286. The number of rotatable bonds is 6. The fourth-order valence-corrected chi connectivity index (χ4v) is 2.34. The van der Waals surface area contributed by atoms with Crippen LogP contribution in [0.3, 0.4) is 0 Å². The number of benzene rings is 1. The van der Waals surface area contributed by atoms with Gasteiger partial charge < -0.3 is 15.2 Å². The molecule has 3 nitrogen and oxygen atoms in total. The Morgan fingerprint density at radius 2 is 2.17 bits per heavy atom. The maximum Gasteiger partial charge on any atom is 0.119 e. The number of hydrogen-bond donors (Lipinski definition) is 1. The van der Waals surface area contributed by atoms with Crippen molar-refractivity contribution in [2.24, 2.45) is 5.73 Å². The fourth-order valence-electron chi connectivity index (χ4n) is 1.72. The lowest BCUT2D eigenvalue weighted by Crippen LogP contribution is -2.15. The van der Waals surface area contributed by atoms with Gasteiger partial charge >= 0.3 is 0 Å². The van der Waals surface area contributed by atoms with Gasteiger partial charge in [0, 0.05) is 11.4 Å². The average molecular weight is 263 g/mol. The third-order valence-corrected chi connectivity index (χ3v) is 3.54. The van der Waals surface area contributed by atoms with E-state index < -0.39 is 0 Å². The number of hydrogen-bond acceptors (Lipinski definition) is 4. The second-order valence-corrected chi connectivity index (χ2v) is 4.92. The zero-order valence-electron chi connectivity index (χ0n) is 10.3. The summed E-state index contributed by atoms with van der Waals surface area (Å²) < 4.78 is 11.1. The van der Waals surface area contributed by atoms with E-state index in [1.54, 1.807) is 18.4 Å². The molecule has 1 atom stereocenters. The molecule has 96 valence electrons. The van der Waals surface area contributed by atoms with E-state index >= 15 is 0 Å². The Labute approximate surface area is 111 Å². The summed E-state index contributed by atoms with van der Waals surface area (Å²) in [5.41, 5.74) is 6.82. The molecule has 0 aliphatic heterocycles. The minimum atomic E-state index is -0.0952. The Balaban J connectivity index is 2.03. The molecule has 0 fully saturated rings. The second kappa shape index (κ2) is 6.54. The molecule has 1 aromatic carbocycles. The van der Waals surface area contributed by atoms with Crippen molar-refractivity contribution in [2.45, 2.75) is 12.7 Å². The van der Waals surface area contributed by atoms with E-state index in [4.69, 9.17) is 15.2 Å². The Morgan fingerprint density at radius 3 is 2.83 bits per heavy atom. The standard InChI is InChI=1S/C14H17NO2S/c1-16-12-5-2-4-11(8-12)14(9-15)17-10-13-6-3-7-18-13/h2-8,14H,9-10,15H2,1H3. The van der Waals surface area contributed by atoms with Crippen molar-refractivity contribution in [1.82, 2.24) is 0 Å². The van der Waals surface area contributed by atoms with Crippen LogP contribution < -0.4 is 10.5 Å². The summed E-state index contributed by atoms with van der Waals surface area (Å²) in [4.78, 5) is 1.20. The molecular weight excluding hydrogens is 246 g/mol. The molecule has 2 rings (SSSR count). The molecule has 1 unspecified atom stereocenters. The SMILES string of the molecule is COc1cccc(C(CN)OCc2cccs2)c1. The Kier molecular flexibility index (Phi) is 4.75. The van der Waals surface area contributed by atoms with E-state index in [-0.39, 0.29) is 6.10 Å². The van der Waals surface area contributed by atoms with Crippen LogP contribution in [0.4, 0.5) is 0 Å². The molecule has 0 amide bonds. The Hall–Kier alpha value is -1.36. The van der Waals surface area contributed by atoms with Gasteiger partial charge in [-0.25, -0.2) is 0 Å². The maximum atomic E-state index is 5.85. The first-order valence-corrected chi connectivity index (χ1v) is 6.69. The van der Waals surface area contributed by atoms with Gasteiger partial charge in [-0.05, 0) is 29.1 Å². The molecule has 0 aliphatic rings. The molecule has 1 heterocycles. The lowest BCUT2D eigenvalue weighted by atomic mass is 10.1. The van der Waals surface area contributed by atoms with Gasteiger partial charge in [-0.3, -0.25) is 0 Å². The van der Waals surface area contributed by atoms with Gasteiger partial charge in [0.25, 0.3) is 0 Å². The van der Waals surface area contributed by atoms with Gasteiger partial charge in [0.2, 0.25) is 0 Å². The first-order chi connectivity index (χ1) is 8.83. The predicted molar refractivity (Wildman–Crippen MR) is 73.9 cm³/mol. The average Bonchev–Trinajstić information content (AvgIpc) is 2.93. The van der Waals surface area contributed by atoms with Crippen molar-refractivity contribution in [1.29, 1.82) is 0 Å². The quantitative estimate of drug-likeness (QED) is 0.871. The normalized spacial score (nSPS) is 12.3. The van der Waals surface area contributed by atoms with Gasteiger partial charge in [-0.2, -0.15) is 0 Å². The minimum Gasteiger partial charge on any atom is -0.497 e. The molecule has 2 N–H and O–H groups in total. The largest absolute Gasteiger partial charge is 0.497 e. The van der Waals surface area contributed by atoms with E-state index in [1.165, 1.54) is 4.88 Å². The number of methoxy groups -OCH3 is 1. The summed E-state index contributed by atoms with van der Waals surface area (Å²) in [6, 6.07) is 11.9. The molecule has 0 saturated carbocycles. The lowest BCUT2D eigenvalue weighted by Gasteiger charge is -2.16. The molecule has 0 saturated heterocycles. The van der Waals surface area contributed by atoms with Crippen LogP contribution in [0.5, 0.6) is 5.75 Å². The maximum absolute atomic E-state index is 5.85. The van der Waals surface area contributed by atoms with Crippen LogP contribution in [-0.2, 0) is 11.3 Å². The highest BCUT2D eigenvalue weighted by Gasteiger charge is 2.11. The summed E-state index contributed by atoms with van der Waals surface area (Å²) in [5.74, 6) is 0.825. The van der Waals surface area contributed by atoms with Crippen molar-refractivity contribution >= 4 is 11.3 Å². The summed E-state index contributed by atoms with van der Waals surface area (Å²) >= 11 is 1.69. The highest BCUT2D eigenvalue weighted by molar-refractivity contribution is 7.09. The second-order valence-electron chi connectivity index (χ2n) is 3.89. The number of thiophene rings is 1. The number of ether oxygens (including phenoxy) is 2. The van der Waals surface area contributed by atoms with Gasteiger partial charge in [0.1, 0.15) is 5.75 Å². The van der Waals surface area contributed by atoms with Crippen LogP contribution in [0.25, 0.3) is 0 Å². The van der Waals surface area contributed by atoms with Crippen LogP contribution in [-0.4, -0.2) is 13.7 Å². The summed E-state index contributed by atoms with van der Waals surface area (Å²) in [5, 5.41) is 2.04. The molecule has 4 heteroatoms. The molecule has 18 heavy (non-hydrogen) atoms. The van der Waals surface area contributed by atoms with E-state index in [1.807, 2.05) is 35.7 Å². The zero-order chi connectivity index (χ0) is 12.8. The van der Waals surface area contributed by atoms with Gasteiger partial charge in [-0.15, -0.1) is 11.3 Å². The first-order valence-electron chi connectivity index (χ1n) is 5.81. The van der Waals surface area contributed by atoms with E-state index in [2.05, 4.69) is 6.07 Å². The van der Waals surface area contributed by atoms with Crippen molar-refractivity contribution in [2.75, 3.05) is 13.7 Å². The van der Waals surface area contributed by atoms with Crippen LogP contribution in [0.1, 0.15) is 16.5 Å². The third kappa shape index (κ3) is 3.32. The molecular formula is C14H17NO2S. The molecule has 2 aromatic rings. The zero-order valence-corrected chi connectivity index (χ0v) is 11.2. The topological polar surface area (TPSA) is 44.5 Å². The monoisotopic (exact) mass is 263 g/mol. The van der Waals surface area contributed by atoms with Crippen molar-refractivity contribution in [3.8, 4) is 5.75 Å². The van der Waals surface area contributed by atoms with Crippen LogP contribution in [0, 0.1) is 0 Å². The molecule has 1 aromatic heterocycles. The van der Waals surface area contributed by atoms with E-state index in [0.717, 1.165) is 11.3 Å². The van der Waals surface area contributed by atoms with Crippen LogP contribution in [0.15, 0.2) is 41.8 Å². The molecule has 0 aliphatic carbocycles. The molecule has 0 radical (unpaired) electrons. The van der Waals surface area contributed by atoms with Gasteiger partial charge in [0.05, 0.1) is 19.8 Å². The molecule has 0 bridgehead atoms. The third-order valence-electron chi connectivity index (χ3n) is 2.69. The molecule has 0 spiro atoms. The van der Waals surface area contributed by atoms with Gasteiger partial charge in [-0.1, -0.05) is 18.2 Å².